The van der Waals surface area contributed by atoms with Gasteiger partial charge in [0.2, 0.25) is 5.91 Å². The van der Waals surface area contributed by atoms with E-state index in [0.717, 1.165) is 36.6 Å². The monoisotopic (exact) mass is 290 g/mol. The molecule has 0 saturated heterocycles. The average molecular weight is 290 g/mol. The number of nitrogens with two attached hydrogens (primary N) is 1. The number of unbranched alkanes of at least 4 members (excludes halogenated alkanes) is 1. The van der Waals surface area contributed by atoms with Crippen LogP contribution in [0.3, 0.4) is 0 Å². The predicted octanol–water partition coefficient (Wildman–Crippen LogP) is 1.87. The van der Waals surface area contributed by atoms with Crippen molar-refractivity contribution in [1.82, 2.24) is 4.90 Å². The first kappa shape index (κ1) is 16.9. The Morgan fingerprint density at radius 2 is 2.05 bits per heavy atom. The summed E-state index contributed by atoms with van der Waals surface area (Å²) in [6.45, 7) is 3.66. The van der Waals surface area contributed by atoms with Crippen molar-refractivity contribution >= 4 is 18.0 Å². The third-order valence-electron chi connectivity index (χ3n) is 3.06. The normalized spacial score (nSPS) is 11.1. The molecule has 1 aromatic carbocycles. The Labute approximate surface area is 125 Å². The minimum absolute atomic E-state index is 0.205. The molecule has 1 aromatic rings. The lowest BCUT2D eigenvalue weighted by Crippen LogP contribution is -2.34. The predicted molar refractivity (Wildman–Crippen MR) is 82.5 cm³/mol. The summed E-state index contributed by atoms with van der Waals surface area (Å²) in [7, 11) is 0. The minimum atomic E-state index is -0.982. The molecule has 0 saturated carbocycles. The van der Waals surface area contributed by atoms with Crippen LogP contribution in [-0.4, -0.2) is 35.0 Å². The molecule has 21 heavy (non-hydrogen) atoms. The summed E-state index contributed by atoms with van der Waals surface area (Å²) < 4.78 is 0. The van der Waals surface area contributed by atoms with Crippen LogP contribution in [0.15, 0.2) is 30.3 Å². The van der Waals surface area contributed by atoms with Crippen LogP contribution in [0.5, 0.6) is 0 Å². The molecule has 0 fully saturated rings. The smallest absolute Gasteiger partial charge is 0.328 e. The van der Waals surface area contributed by atoms with Gasteiger partial charge in [-0.15, -0.1) is 0 Å². The molecular formula is C16H22N2O3. The highest BCUT2D eigenvalue weighted by atomic mass is 16.4. The number of amides is 1. The van der Waals surface area contributed by atoms with E-state index in [2.05, 4.69) is 6.92 Å². The van der Waals surface area contributed by atoms with Gasteiger partial charge in [-0.2, -0.15) is 0 Å². The molecule has 5 nitrogen and oxygen atoms in total. The topological polar surface area (TPSA) is 83.6 Å². The lowest BCUT2D eigenvalue weighted by atomic mass is 10.1. The van der Waals surface area contributed by atoms with Gasteiger partial charge in [-0.05, 0) is 30.2 Å². The molecule has 1 amide bonds. The van der Waals surface area contributed by atoms with Gasteiger partial charge in [0.15, 0.2) is 0 Å². The van der Waals surface area contributed by atoms with Crippen LogP contribution >= 0.6 is 0 Å². The van der Waals surface area contributed by atoms with E-state index in [-0.39, 0.29) is 12.5 Å². The van der Waals surface area contributed by atoms with Crippen molar-refractivity contribution in [3.05, 3.63) is 41.5 Å². The zero-order valence-electron chi connectivity index (χ0n) is 12.3. The van der Waals surface area contributed by atoms with Crippen LogP contribution in [0.25, 0.3) is 6.08 Å². The SMILES string of the molecule is CCCCN(CC(N)=O)Cc1ccccc1C=CC(=O)O. The summed E-state index contributed by atoms with van der Waals surface area (Å²) in [4.78, 5) is 23.8. The van der Waals surface area contributed by atoms with E-state index < -0.39 is 5.97 Å². The van der Waals surface area contributed by atoms with Crippen molar-refractivity contribution < 1.29 is 14.7 Å². The van der Waals surface area contributed by atoms with Crippen molar-refractivity contribution in [2.24, 2.45) is 5.73 Å². The second-order valence-corrected chi connectivity index (χ2v) is 4.90. The number of carbonyl (C=O) groups is 2. The molecule has 0 aliphatic heterocycles. The fourth-order valence-corrected chi connectivity index (χ4v) is 2.06. The molecule has 0 aliphatic rings. The Hall–Kier alpha value is -2.14. The molecule has 3 N–H and O–H groups in total. The Balaban J connectivity index is 2.86. The minimum Gasteiger partial charge on any atom is -0.478 e. The van der Waals surface area contributed by atoms with Crippen LogP contribution in [-0.2, 0) is 16.1 Å². The molecule has 0 radical (unpaired) electrons. The van der Waals surface area contributed by atoms with Gasteiger partial charge in [-0.1, -0.05) is 37.6 Å². The summed E-state index contributed by atoms with van der Waals surface area (Å²) in [6, 6.07) is 7.55. The molecule has 0 atom stereocenters. The number of aliphatic carboxylic acids is 1. The van der Waals surface area contributed by atoms with E-state index in [1.807, 2.05) is 29.2 Å². The fourth-order valence-electron chi connectivity index (χ4n) is 2.06. The Morgan fingerprint density at radius 1 is 1.33 bits per heavy atom. The largest absolute Gasteiger partial charge is 0.478 e. The van der Waals surface area contributed by atoms with Crippen molar-refractivity contribution in [1.29, 1.82) is 0 Å². The first-order valence-corrected chi connectivity index (χ1v) is 7.02. The second-order valence-electron chi connectivity index (χ2n) is 4.90. The lowest BCUT2D eigenvalue weighted by Gasteiger charge is -2.21. The van der Waals surface area contributed by atoms with Crippen LogP contribution in [0.4, 0.5) is 0 Å². The van der Waals surface area contributed by atoms with Crippen molar-refractivity contribution in [3.8, 4) is 0 Å². The van der Waals surface area contributed by atoms with E-state index in [9.17, 15) is 9.59 Å². The quantitative estimate of drug-likeness (QED) is 0.680. The fraction of sp³-hybridized carbons (Fsp3) is 0.375. The van der Waals surface area contributed by atoms with E-state index in [1.165, 1.54) is 0 Å². The van der Waals surface area contributed by atoms with Crippen molar-refractivity contribution in [2.75, 3.05) is 13.1 Å². The average Bonchev–Trinajstić information content (AvgIpc) is 2.43. The van der Waals surface area contributed by atoms with Gasteiger partial charge in [-0.25, -0.2) is 4.79 Å². The molecule has 5 heteroatoms. The molecule has 0 aliphatic carbocycles. The van der Waals surface area contributed by atoms with Gasteiger partial charge in [0.25, 0.3) is 0 Å². The molecule has 0 heterocycles. The molecule has 0 unspecified atom stereocenters. The van der Waals surface area contributed by atoms with Gasteiger partial charge in [-0.3, -0.25) is 9.69 Å². The van der Waals surface area contributed by atoms with Gasteiger partial charge in [0, 0.05) is 12.6 Å². The highest BCUT2D eigenvalue weighted by Crippen LogP contribution is 2.14. The van der Waals surface area contributed by atoms with Gasteiger partial charge in [0.05, 0.1) is 6.54 Å². The number of hydrogen-bond acceptors (Lipinski definition) is 3. The van der Waals surface area contributed by atoms with Crippen LogP contribution in [0.2, 0.25) is 0 Å². The number of carboxylic acid groups (broad SMARTS) is 1. The first-order chi connectivity index (χ1) is 10.0. The van der Waals surface area contributed by atoms with Crippen molar-refractivity contribution in [3.63, 3.8) is 0 Å². The van der Waals surface area contributed by atoms with Crippen LogP contribution in [0, 0.1) is 0 Å². The number of primary amides is 1. The maximum Gasteiger partial charge on any atom is 0.328 e. The van der Waals surface area contributed by atoms with Crippen LogP contribution < -0.4 is 5.73 Å². The number of benzene rings is 1. The van der Waals surface area contributed by atoms with E-state index in [4.69, 9.17) is 10.8 Å². The maximum absolute atomic E-state index is 11.2. The van der Waals surface area contributed by atoms with E-state index in [0.29, 0.717) is 6.54 Å². The highest BCUT2D eigenvalue weighted by molar-refractivity contribution is 5.85. The van der Waals surface area contributed by atoms with Crippen molar-refractivity contribution in [2.45, 2.75) is 26.3 Å². The summed E-state index contributed by atoms with van der Waals surface area (Å²) >= 11 is 0. The molecular weight excluding hydrogens is 268 g/mol. The Morgan fingerprint density at radius 3 is 2.67 bits per heavy atom. The zero-order valence-corrected chi connectivity index (χ0v) is 12.3. The third kappa shape index (κ3) is 6.72. The van der Waals surface area contributed by atoms with E-state index >= 15 is 0 Å². The molecule has 0 aromatic heterocycles. The van der Waals surface area contributed by atoms with Gasteiger partial charge < -0.3 is 10.8 Å². The number of nitrogens with zero attached hydrogens (tertiary/aromatic N) is 1. The van der Waals surface area contributed by atoms with Crippen LogP contribution in [0.1, 0.15) is 30.9 Å². The maximum atomic E-state index is 11.2. The summed E-state index contributed by atoms with van der Waals surface area (Å²) in [6.07, 6.45) is 4.71. The first-order valence-electron chi connectivity index (χ1n) is 7.02. The number of carbonyl (C=O) groups excluding carboxylic acids is 1. The van der Waals surface area contributed by atoms with Gasteiger partial charge in [0.1, 0.15) is 0 Å². The second kappa shape index (κ2) is 8.92. The standard InChI is InChI=1S/C16H22N2O3/c1-2-3-10-18(12-15(17)19)11-14-7-5-4-6-13(14)8-9-16(20)21/h4-9H,2-3,10-12H2,1H3,(H2,17,19)(H,20,21). The molecule has 0 spiro atoms. The molecule has 0 bridgehead atoms. The highest BCUT2D eigenvalue weighted by Gasteiger charge is 2.10. The number of hydrogen-bond donors (Lipinski definition) is 2. The van der Waals surface area contributed by atoms with Gasteiger partial charge >= 0.3 is 5.97 Å². The Bertz CT molecular complexity index is 512. The zero-order chi connectivity index (χ0) is 15.7. The summed E-state index contributed by atoms with van der Waals surface area (Å²) in [5.74, 6) is -1.34. The molecule has 1 rings (SSSR count). The number of rotatable bonds is 9. The third-order valence-corrected chi connectivity index (χ3v) is 3.06. The molecule has 114 valence electrons. The number of carboxylic acids is 1. The van der Waals surface area contributed by atoms with E-state index in [1.54, 1.807) is 6.08 Å². The summed E-state index contributed by atoms with van der Waals surface area (Å²) in [5.41, 5.74) is 7.10. The summed E-state index contributed by atoms with van der Waals surface area (Å²) in [5, 5.41) is 8.72. The Kier molecular flexibility index (Phi) is 7.18. The lowest BCUT2D eigenvalue weighted by molar-refractivity contribution is -0.131.